The van der Waals surface area contributed by atoms with E-state index in [1.165, 1.54) is 12.1 Å². The normalized spacial score (nSPS) is 20.6. The number of para-hydroxylation sites is 1. The molecule has 1 aliphatic rings. The first-order valence-electron chi connectivity index (χ1n) is 8.59. The number of amides is 1. The highest BCUT2D eigenvalue weighted by Crippen LogP contribution is 2.23. The fourth-order valence-corrected chi connectivity index (χ4v) is 3.11. The molecule has 1 amide bonds. The van der Waals surface area contributed by atoms with E-state index in [0.717, 1.165) is 0 Å². The van der Waals surface area contributed by atoms with Gasteiger partial charge in [-0.3, -0.25) is 9.69 Å². The molecule has 3 rings (SSSR count). The van der Waals surface area contributed by atoms with Crippen molar-refractivity contribution in [1.29, 1.82) is 0 Å². The number of aliphatic hydroxyl groups excluding tert-OH is 1. The number of rotatable bonds is 6. The van der Waals surface area contributed by atoms with Crippen LogP contribution in [0.15, 0.2) is 34.9 Å². The first-order valence-corrected chi connectivity index (χ1v) is 8.59. The third-order valence-electron chi connectivity index (χ3n) is 4.43. The smallest absolute Gasteiger partial charge is 0.387 e. The Morgan fingerprint density at radius 2 is 2.26 bits per heavy atom. The van der Waals surface area contributed by atoms with Crippen LogP contribution in [0.3, 0.4) is 0 Å². The number of aliphatic hydroxyl groups is 1. The van der Waals surface area contributed by atoms with Crippen LogP contribution < -0.4 is 10.1 Å². The molecule has 2 atom stereocenters. The summed E-state index contributed by atoms with van der Waals surface area (Å²) in [6, 6.07) is 7.69. The number of hydrogen-bond acceptors (Lipinski definition) is 6. The van der Waals surface area contributed by atoms with Crippen LogP contribution in [0.5, 0.6) is 5.75 Å². The van der Waals surface area contributed by atoms with Crippen molar-refractivity contribution in [3.05, 3.63) is 47.3 Å². The van der Waals surface area contributed by atoms with Crippen LogP contribution in [-0.4, -0.2) is 52.9 Å². The topological polar surface area (TPSA) is 87.8 Å². The van der Waals surface area contributed by atoms with Crippen LogP contribution >= 0.6 is 0 Å². The molecule has 1 aromatic heterocycles. The number of likely N-dealkylation sites (tertiary alicyclic amines) is 1. The molecule has 1 fully saturated rings. The van der Waals surface area contributed by atoms with Gasteiger partial charge in [-0.25, -0.2) is 0 Å². The van der Waals surface area contributed by atoms with Crippen LogP contribution in [0.4, 0.5) is 8.78 Å². The fourth-order valence-electron chi connectivity index (χ4n) is 3.11. The van der Waals surface area contributed by atoms with Crippen molar-refractivity contribution in [2.75, 3.05) is 13.1 Å². The SMILES string of the molecule is Cc1cc(C(=O)N[C@@H]2CCN(Cc3ccccc3OC(F)F)C[C@H]2O)no1. The molecule has 1 aliphatic heterocycles. The van der Waals surface area contributed by atoms with Gasteiger partial charge in [0.2, 0.25) is 0 Å². The summed E-state index contributed by atoms with van der Waals surface area (Å²) in [6.45, 7) is 0.0441. The minimum Gasteiger partial charge on any atom is -0.434 e. The highest BCUT2D eigenvalue weighted by molar-refractivity contribution is 5.92. The predicted molar refractivity (Wildman–Crippen MR) is 91.5 cm³/mol. The van der Waals surface area contributed by atoms with Crippen molar-refractivity contribution < 1.29 is 27.9 Å². The summed E-state index contributed by atoms with van der Waals surface area (Å²) in [4.78, 5) is 14.1. The third kappa shape index (κ3) is 5.01. The van der Waals surface area contributed by atoms with Gasteiger partial charge in [-0.05, 0) is 19.4 Å². The lowest BCUT2D eigenvalue weighted by atomic mass is 10.0. The van der Waals surface area contributed by atoms with E-state index in [4.69, 9.17) is 4.52 Å². The molecule has 0 unspecified atom stereocenters. The molecular weight excluding hydrogens is 360 g/mol. The average molecular weight is 381 g/mol. The standard InChI is InChI=1S/C18H21F2N3O4/c1-11-8-14(22-27-11)17(25)21-13-6-7-23(10-15(13)24)9-12-4-2-3-5-16(12)26-18(19)20/h2-5,8,13,15,18,24H,6-7,9-10H2,1H3,(H,21,25)/t13-,15-/m1/s1. The maximum absolute atomic E-state index is 12.5. The van der Waals surface area contributed by atoms with Gasteiger partial charge in [-0.15, -0.1) is 0 Å². The largest absolute Gasteiger partial charge is 0.434 e. The van der Waals surface area contributed by atoms with Crippen molar-refractivity contribution in [3.63, 3.8) is 0 Å². The van der Waals surface area contributed by atoms with E-state index in [-0.39, 0.29) is 11.4 Å². The van der Waals surface area contributed by atoms with E-state index in [9.17, 15) is 18.7 Å². The molecule has 0 radical (unpaired) electrons. The zero-order valence-electron chi connectivity index (χ0n) is 14.8. The molecule has 0 spiro atoms. The zero-order chi connectivity index (χ0) is 19.4. The number of β-amino-alcohol motifs (C(OH)–C–C–N with tert-alkyl or cyclic N) is 1. The molecule has 2 N–H and O–H groups in total. The summed E-state index contributed by atoms with van der Waals surface area (Å²) in [7, 11) is 0. The Hall–Kier alpha value is -2.52. The van der Waals surface area contributed by atoms with Gasteiger partial charge < -0.3 is 19.7 Å². The Morgan fingerprint density at radius 3 is 2.93 bits per heavy atom. The van der Waals surface area contributed by atoms with Crippen LogP contribution in [0.25, 0.3) is 0 Å². The number of carbonyl (C=O) groups excluding carboxylic acids is 1. The first kappa shape index (κ1) is 19.2. The Bertz CT molecular complexity index is 783. The summed E-state index contributed by atoms with van der Waals surface area (Å²) in [5.41, 5.74) is 0.783. The molecule has 0 bridgehead atoms. The lowest BCUT2D eigenvalue weighted by Gasteiger charge is -2.36. The Kier molecular flexibility index (Phi) is 6.02. The molecule has 27 heavy (non-hydrogen) atoms. The van der Waals surface area contributed by atoms with Crippen LogP contribution in [0, 0.1) is 6.92 Å². The van der Waals surface area contributed by atoms with Gasteiger partial charge in [-0.1, -0.05) is 23.4 Å². The number of nitrogens with one attached hydrogen (secondary N) is 1. The van der Waals surface area contributed by atoms with E-state index in [2.05, 4.69) is 15.2 Å². The van der Waals surface area contributed by atoms with Crippen molar-refractivity contribution in [2.24, 2.45) is 0 Å². The van der Waals surface area contributed by atoms with Gasteiger partial charge in [-0.2, -0.15) is 8.78 Å². The van der Waals surface area contributed by atoms with Crippen LogP contribution in [0.1, 0.15) is 28.2 Å². The molecular formula is C18H21F2N3O4. The molecule has 2 heterocycles. The molecule has 1 aromatic carbocycles. The molecule has 7 nitrogen and oxygen atoms in total. The van der Waals surface area contributed by atoms with Gasteiger partial charge in [0.15, 0.2) is 5.69 Å². The second-order valence-electron chi connectivity index (χ2n) is 6.48. The number of halogens is 2. The number of alkyl halides is 2. The summed E-state index contributed by atoms with van der Waals surface area (Å²) in [5, 5.41) is 16.8. The molecule has 146 valence electrons. The van der Waals surface area contributed by atoms with Crippen molar-refractivity contribution in [1.82, 2.24) is 15.4 Å². The maximum atomic E-state index is 12.5. The number of aromatic nitrogens is 1. The number of carbonyl (C=O) groups is 1. The van der Waals surface area contributed by atoms with E-state index < -0.39 is 24.7 Å². The van der Waals surface area contributed by atoms with Crippen LogP contribution in [-0.2, 0) is 6.54 Å². The summed E-state index contributed by atoms with van der Waals surface area (Å²) in [6.07, 6.45) is -0.277. The van der Waals surface area contributed by atoms with Crippen molar-refractivity contribution in [3.8, 4) is 5.75 Å². The minimum absolute atomic E-state index is 0.124. The fraction of sp³-hybridized carbons (Fsp3) is 0.444. The van der Waals surface area contributed by atoms with Gasteiger partial charge in [0.1, 0.15) is 11.5 Å². The summed E-state index contributed by atoms with van der Waals surface area (Å²) in [5.74, 6) is 0.249. The number of nitrogens with zero attached hydrogens (tertiary/aromatic N) is 2. The summed E-state index contributed by atoms with van der Waals surface area (Å²) < 4.78 is 34.5. The van der Waals surface area contributed by atoms with Crippen molar-refractivity contribution >= 4 is 5.91 Å². The Morgan fingerprint density at radius 1 is 1.48 bits per heavy atom. The Labute approximate surface area is 154 Å². The van der Waals surface area contributed by atoms with E-state index in [1.807, 2.05) is 4.90 Å². The molecule has 9 heteroatoms. The van der Waals surface area contributed by atoms with E-state index in [0.29, 0.717) is 37.4 Å². The third-order valence-corrected chi connectivity index (χ3v) is 4.43. The number of aryl methyl sites for hydroxylation is 1. The van der Waals surface area contributed by atoms with Gasteiger partial charge in [0, 0.05) is 31.3 Å². The lowest BCUT2D eigenvalue weighted by Crippen LogP contribution is -2.53. The van der Waals surface area contributed by atoms with E-state index >= 15 is 0 Å². The van der Waals surface area contributed by atoms with E-state index in [1.54, 1.807) is 25.1 Å². The number of hydrogen-bond donors (Lipinski definition) is 2. The van der Waals surface area contributed by atoms with Gasteiger partial charge in [0.05, 0.1) is 12.1 Å². The molecule has 0 aliphatic carbocycles. The number of ether oxygens (including phenoxy) is 1. The average Bonchev–Trinajstić information content (AvgIpc) is 3.05. The molecule has 1 saturated heterocycles. The summed E-state index contributed by atoms with van der Waals surface area (Å²) >= 11 is 0. The molecule has 0 saturated carbocycles. The van der Waals surface area contributed by atoms with Crippen LogP contribution in [0.2, 0.25) is 0 Å². The van der Waals surface area contributed by atoms with Gasteiger partial charge >= 0.3 is 6.61 Å². The second kappa shape index (κ2) is 8.45. The number of piperidine rings is 1. The predicted octanol–water partition coefficient (Wildman–Crippen LogP) is 1.95. The molecule has 2 aromatic rings. The number of benzene rings is 1. The van der Waals surface area contributed by atoms with Gasteiger partial charge in [0.25, 0.3) is 5.91 Å². The zero-order valence-corrected chi connectivity index (χ0v) is 14.8. The quantitative estimate of drug-likeness (QED) is 0.795. The lowest BCUT2D eigenvalue weighted by molar-refractivity contribution is -0.0510. The first-order chi connectivity index (χ1) is 12.9. The Balaban J connectivity index is 1.57. The highest BCUT2D eigenvalue weighted by atomic mass is 19.3. The monoisotopic (exact) mass is 381 g/mol. The maximum Gasteiger partial charge on any atom is 0.387 e. The minimum atomic E-state index is -2.89. The van der Waals surface area contributed by atoms with Crippen molar-refractivity contribution in [2.45, 2.75) is 38.6 Å². The second-order valence-corrected chi connectivity index (χ2v) is 6.48. The highest BCUT2D eigenvalue weighted by Gasteiger charge is 2.30.